The van der Waals surface area contributed by atoms with Crippen LogP contribution in [-0.4, -0.2) is 11.9 Å². The Bertz CT molecular complexity index is 311. The predicted molar refractivity (Wildman–Crippen MR) is 46.5 cm³/mol. The molecule has 0 unspecified atom stereocenters. The van der Waals surface area contributed by atoms with E-state index in [4.69, 9.17) is 10.00 Å². The van der Waals surface area contributed by atoms with Crippen molar-refractivity contribution in [3.8, 4) is 6.26 Å². The third kappa shape index (κ3) is 3.72. The van der Waals surface area contributed by atoms with E-state index in [2.05, 4.69) is 4.74 Å². The van der Waals surface area contributed by atoms with Crippen LogP contribution in [0.15, 0.2) is 11.3 Å². The molecule has 0 spiro atoms. The Balaban J connectivity index is 4.75. The maximum absolute atomic E-state index is 11.0. The van der Waals surface area contributed by atoms with Gasteiger partial charge in [0.25, 0.3) is 6.26 Å². The molecular formula is C9H11NO4. The van der Waals surface area contributed by atoms with E-state index in [0.717, 1.165) is 0 Å². The first-order chi connectivity index (χ1) is 6.52. The molecule has 0 saturated heterocycles. The van der Waals surface area contributed by atoms with E-state index >= 15 is 0 Å². The minimum absolute atomic E-state index is 0.129. The molecule has 0 aromatic carbocycles. The fraction of sp³-hybridized carbons (Fsp3) is 0.444. The molecule has 0 rings (SSSR count). The van der Waals surface area contributed by atoms with Crippen LogP contribution in [0, 0.1) is 11.5 Å². The van der Waals surface area contributed by atoms with Crippen molar-refractivity contribution in [1.82, 2.24) is 0 Å². The van der Waals surface area contributed by atoms with Gasteiger partial charge in [0.05, 0.1) is 5.57 Å². The lowest BCUT2D eigenvalue weighted by atomic mass is 10.2. The Hall–Kier alpha value is -1.83. The molecule has 0 heterocycles. The van der Waals surface area contributed by atoms with Crippen LogP contribution < -0.4 is 0 Å². The average Bonchev–Trinajstić information content (AvgIpc) is 2.13. The largest absolute Gasteiger partial charge is 0.431 e. The molecule has 0 amide bonds. The molecule has 5 heteroatoms. The highest BCUT2D eigenvalue weighted by Gasteiger charge is 2.13. The summed E-state index contributed by atoms with van der Waals surface area (Å²) >= 11 is 0. The molecule has 0 aliphatic rings. The van der Waals surface area contributed by atoms with E-state index in [0.29, 0.717) is 6.42 Å². The van der Waals surface area contributed by atoms with Gasteiger partial charge >= 0.3 is 11.9 Å². The molecule has 0 bridgehead atoms. The fourth-order valence-corrected chi connectivity index (χ4v) is 0.819. The molecule has 0 aromatic rings. The van der Waals surface area contributed by atoms with Crippen molar-refractivity contribution in [3.05, 3.63) is 11.3 Å². The van der Waals surface area contributed by atoms with E-state index in [1.807, 2.05) is 0 Å². The summed E-state index contributed by atoms with van der Waals surface area (Å²) in [5, 5.41) is 8.10. The second-order valence-corrected chi connectivity index (χ2v) is 2.48. The Kier molecular flexibility index (Phi) is 5.00. The summed E-state index contributed by atoms with van der Waals surface area (Å²) in [5.41, 5.74) is 0.129. The van der Waals surface area contributed by atoms with Crippen molar-refractivity contribution >= 4 is 11.9 Å². The molecular weight excluding hydrogens is 186 g/mol. The first-order valence-corrected chi connectivity index (χ1v) is 4.01. The van der Waals surface area contributed by atoms with Crippen LogP contribution >= 0.6 is 0 Å². The van der Waals surface area contributed by atoms with Gasteiger partial charge in [-0.2, -0.15) is 0 Å². The van der Waals surface area contributed by atoms with Gasteiger partial charge in [-0.1, -0.05) is 6.92 Å². The number of carbonyl (C=O) groups excluding carboxylic acids is 2. The minimum atomic E-state index is -0.800. The van der Waals surface area contributed by atoms with Crippen LogP contribution in [0.2, 0.25) is 0 Å². The molecule has 0 fully saturated rings. The van der Waals surface area contributed by atoms with Crippen LogP contribution in [0.3, 0.4) is 0 Å². The smallest absolute Gasteiger partial charge is 0.352 e. The number of carbonyl (C=O) groups is 2. The molecule has 0 aromatic heterocycles. The zero-order chi connectivity index (χ0) is 11.1. The van der Waals surface area contributed by atoms with E-state index in [-0.39, 0.29) is 11.3 Å². The SMILES string of the molecule is CCC(OC(C)=O)=C(C)C(=O)OC#N. The maximum atomic E-state index is 11.0. The highest BCUT2D eigenvalue weighted by Crippen LogP contribution is 2.11. The summed E-state index contributed by atoms with van der Waals surface area (Å²) in [7, 11) is 0. The summed E-state index contributed by atoms with van der Waals surface area (Å²) in [6.07, 6.45) is 1.64. The van der Waals surface area contributed by atoms with Crippen LogP contribution in [0.1, 0.15) is 27.2 Å². The molecule has 0 aliphatic heterocycles. The highest BCUT2D eigenvalue weighted by molar-refractivity contribution is 5.89. The molecule has 0 atom stereocenters. The summed E-state index contributed by atoms with van der Waals surface area (Å²) in [4.78, 5) is 21.7. The topological polar surface area (TPSA) is 76.4 Å². The monoisotopic (exact) mass is 197 g/mol. The van der Waals surface area contributed by atoms with E-state index in [9.17, 15) is 9.59 Å². The zero-order valence-corrected chi connectivity index (χ0v) is 8.29. The Morgan fingerprint density at radius 3 is 2.29 bits per heavy atom. The van der Waals surface area contributed by atoms with Crippen molar-refractivity contribution in [3.63, 3.8) is 0 Å². The third-order valence-corrected chi connectivity index (χ3v) is 1.45. The van der Waals surface area contributed by atoms with Gasteiger partial charge in [-0.05, 0) is 6.92 Å². The number of hydrogen-bond donors (Lipinski definition) is 0. The van der Waals surface area contributed by atoms with Gasteiger partial charge in [-0.25, -0.2) is 4.79 Å². The first kappa shape index (κ1) is 12.2. The normalized spacial score (nSPS) is 11.0. The summed E-state index contributed by atoms with van der Waals surface area (Å²) in [6.45, 7) is 4.39. The quantitative estimate of drug-likeness (QED) is 0.294. The van der Waals surface area contributed by atoms with Gasteiger partial charge in [0.2, 0.25) is 0 Å². The van der Waals surface area contributed by atoms with Crippen LogP contribution in [0.5, 0.6) is 0 Å². The number of rotatable bonds is 3. The van der Waals surface area contributed by atoms with Crippen molar-refractivity contribution in [2.75, 3.05) is 0 Å². The third-order valence-electron chi connectivity index (χ3n) is 1.45. The van der Waals surface area contributed by atoms with Gasteiger partial charge in [-0.15, -0.1) is 5.26 Å². The second-order valence-electron chi connectivity index (χ2n) is 2.48. The lowest BCUT2D eigenvalue weighted by Gasteiger charge is -2.06. The molecule has 0 radical (unpaired) electrons. The average molecular weight is 197 g/mol. The van der Waals surface area contributed by atoms with Gasteiger partial charge in [0, 0.05) is 13.3 Å². The lowest BCUT2D eigenvalue weighted by Crippen LogP contribution is -2.08. The molecule has 14 heavy (non-hydrogen) atoms. The molecule has 0 aliphatic carbocycles. The van der Waals surface area contributed by atoms with Gasteiger partial charge < -0.3 is 9.47 Å². The number of esters is 2. The van der Waals surface area contributed by atoms with E-state index in [1.165, 1.54) is 20.1 Å². The lowest BCUT2D eigenvalue weighted by molar-refractivity contribution is -0.137. The van der Waals surface area contributed by atoms with Crippen molar-refractivity contribution in [2.45, 2.75) is 27.2 Å². The van der Waals surface area contributed by atoms with Crippen molar-refractivity contribution in [2.24, 2.45) is 0 Å². The van der Waals surface area contributed by atoms with Gasteiger partial charge in [0.15, 0.2) is 0 Å². The summed E-state index contributed by atoms with van der Waals surface area (Å²) in [6, 6.07) is 0. The summed E-state index contributed by atoms with van der Waals surface area (Å²) < 4.78 is 8.84. The molecule has 0 saturated carbocycles. The van der Waals surface area contributed by atoms with Crippen LogP contribution in [0.25, 0.3) is 0 Å². The van der Waals surface area contributed by atoms with Crippen molar-refractivity contribution in [1.29, 1.82) is 5.26 Å². The van der Waals surface area contributed by atoms with Gasteiger partial charge in [-0.3, -0.25) is 4.79 Å². The maximum Gasteiger partial charge on any atom is 0.352 e. The zero-order valence-electron chi connectivity index (χ0n) is 8.29. The van der Waals surface area contributed by atoms with Gasteiger partial charge in [0.1, 0.15) is 5.76 Å². The summed E-state index contributed by atoms with van der Waals surface area (Å²) in [5.74, 6) is -1.09. The van der Waals surface area contributed by atoms with E-state index < -0.39 is 11.9 Å². The Morgan fingerprint density at radius 1 is 1.36 bits per heavy atom. The molecule has 76 valence electrons. The Labute approximate surface area is 81.9 Å². The number of ether oxygens (including phenoxy) is 2. The molecule has 5 nitrogen and oxygen atoms in total. The number of allylic oxidation sites excluding steroid dienone is 1. The molecule has 0 N–H and O–H groups in total. The minimum Gasteiger partial charge on any atom is -0.431 e. The number of nitriles is 1. The standard InChI is InChI=1S/C9H11NO4/c1-4-8(14-7(3)11)6(2)9(12)13-5-10/h4H2,1-3H3. The fourth-order valence-electron chi connectivity index (χ4n) is 0.819. The number of hydrogen-bond acceptors (Lipinski definition) is 5. The van der Waals surface area contributed by atoms with Crippen LogP contribution in [-0.2, 0) is 19.1 Å². The van der Waals surface area contributed by atoms with E-state index in [1.54, 1.807) is 6.92 Å². The second kappa shape index (κ2) is 5.75. The Morgan fingerprint density at radius 2 is 1.93 bits per heavy atom. The highest BCUT2D eigenvalue weighted by atomic mass is 16.5. The van der Waals surface area contributed by atoms with Crippen LogP contribution in [0.4, 0.5) is 0 Å². The first-order valence-electron chi connectivity index (χ1n) is 4.01. The number of nitrogens with zero attached hydrogens (tertiary/aromatic N) is 1. The van der Waals surface area contributed by atoms with Crippen molar-refractivity contribution < 1.29 is 19.1 Å². The predicted octanol–water partition coefficient (Wildman–Crippen LogP) is 1.26.